The van der Waals surface area contributed by atoms with E-state index in [9.17, 15) is 53.1 Å². The molecule has 0 unspecified atom stereocenters. The number of nitrogens with zero attached hydrogens (tertiary/aromatic N) is 2. The van der Waals surface area contributed by atoms with Crippen LogP contribution in [0, 0.1) is 5.92 Å². The number of primary amides is 2. The molecule has 2 fully saturated rings. The number of carbonyl (C=O) groups is 10. The molecule has 2 aliphatic rings. The largest absolute Gasteiger partial charge is 0.391 e. The molecule has 0 bridgehead atoms. The van der Waals surface area contributed by atoms with E-state index in [-0.39, 0.29) is 82.2 Å². The lowest BCUT2D eigenvalue weighted by molar-refractivity contribution is -0.144. The van der Waals surface area contributed by atoms with Crippen molar-refractivity contribution in [3.63, 3.8) is 0 Å². The van der Waals surface area contributed by atoms with Gasteiger partial charge in [-0.25, -0.2) is 0 Å². The van der Waals surface area contributed by atoms with E-state index in [1.165, 1.54) is 6.92 Å². The number of nitrogens with two attached hydrogens (primary N) is 4. The molecule has 2 aromatic rings. The Balaban J connectivity index is 1.55. The van der Waals surface area contributed by atoms with Gasteiger partial charge in [-0.05, 0) is 62.5 Å². The van der Waals surface area contributed by atoms with Gasteiger partial charge >= 0.3 is 0 Å². The molecule has 0 aliphatic carbocycles. The zero-order valence-electron chi connectivity index (χ0n) is 40.8. The van der Waals surface area contributed by atoms with Gasteiger partial charge in [0, 0.05) is 32.4 Å². The first-order valence-corrected chi connectivity index (χ1v) is 23.9. The van der Waals surface area contributed by atoms with Crippen molar-refractivity contribution in [3.05, 3.63) is 71.8 Å². The van der Waals surface area contributed by atoms with Gasteiger partial charge < -0.3 is 70.2 Å². The third kappa shape index (κ3) is 18.0. The van der Waals surface area contributed by atoms with Gasteiger partial charge in [0.05, 0.1) is 12.5 Å². The Labute approximate surface area is 417 Å². The van der Waals surface area contributed by atoms with E-state index in [4.69, 9.17) is 22.9 Å². The number of benzene rings is 2. The van der Waals surface area contributed by atoms with Crippen LogP contribution in [-0.4, -0.2) is 143 Å². The minimum absolute atomic E-state index is 0.0154. The fourth-order valence-corrected chi connectivity index (χ4v) is 8.31. The zero-order chi connectivity index (χ0) is 53.1. The summed E-state index contributed by atoms with van der Waals surface area (Å²) in [5, 5.41) is 29.4. The average molecular weight is 1000 g/mol. The van der Waals surface area contributed by atoms with Crippen LogP contribution < -0.4 is 60.2 Å². The number of nitrogens with one attached hydrogen (secondary N) is 7. The highest BCUT2D eigenvalue weighted by Gasteiger charge is 2.42. The minimum Gasteiger partial charge on any atom is -0.391 e. The number of likely N-dealkylation sites (tertiary alicyclic amines) is 1. The van der Waals surface area contributed by atoms with Crippen molar-refractivity contribution in [1.82, 2.24) is 42.1 Å². The molecular formula is C48H69N13O11. The van der Waals surface area contributed by atoms with Gasteiger partial charge in [-0.2, -0.15) is 0 Å². The van der Waals surface area contributed by atoms with Crippen molar-refractivity contribution >= 4 is 65.0 Å². The van der Waals surface area contributed by atoms with Crippen molar-refractivity contribution in [2.45, 2.75) is 139 Å². The number of amides is 10. The molecule has 2 saturated heterocycles. The summed E-state index contributed by atoms with van der Waals surface area (Å²) in [6, 6.07) is 7.21. The Hall–Kier alpha value is -7.63. The molecule has 0 saturated carbocycles. The SMILES string of the molecule is CC(C)C[C@H](NC(=O)[C@H](Cc1ccccc1)NC(=O)[C@@H]1CCC(=O)N1)C(=O)N[C@@H](Cc1ccccc1)C(=O)N[C@H](C(=O)N1CCC[C@H]1C(=O)N[C@@H](CCCN=C(N)N)C(=O)N[C@@H](CC(N)=O)C(N)=O)[C@@H](C)O. The second kappa shape index (κ2) is 27.7. The van der Waals surface area contributed by atoms with Gasteiger partial charge in [0.2, 0.25) is 59.1 Å². The maximum absolute atomic E-state index is 14.4. The number of hydrogen-bond donors (Lipinski definition) is 12. The molecule has 2 heterocycles. The lowest BCUT2D eigenvalue weighted by Crippen LogP contribution is -2.62. The molecule has 2 aliphatic heterocycles. The summed E-state index contributed by atoms with van der Waals surface area (Å²) < 4.78 is 0. The fraction of sp³-hybridized carbons (Fsp3) is 0.521. The predicted molar refractivity (Wildman–Crippen MR) is 262 cm³/mol. The second-order valence-electron chi connectivity index (χ2n) is 18.4. The van der Waals surface area contributed by atoms with Crippen LogP contribution in [0.5, 0.6) is 0 Å². The molecular weight excluding hydrogens is 935 g/mol. The minimum atomic E-state index is -1.65. The Bertz CT molecular complexity index is 2280. The van der Waals surface area contributed by atoms with E-state index in [2.05, 4.69) is 42.2 Å². The van der Waals surface area contributed by atoms with Crippen LogP contribution in [0.15, 0.2) is 65.7 Å². The molecule has 0 spiro atoms. The summed E-state index contributed by atoms with van der Waals surface area (Å²) in [7, 11) is 0. The smallest absolute Gasteiger partial charge is 0.248 e. The summed E-state index contributed by atoms with van der Waals surface area (Å²) in [6.07, 6.45) is -1.16. The van der Waals surface area contributed by atoms with Crippen molar-refractivity contribution < 1.29 is 53.1 Å². The van der Waals surface area contributed by atoms with E-state index >= 15 is 0 Å². The molecule has 24 nitrogen and oxygen atoms in total. The Morgan fingerprint density at radius 2 is 1.22 bits per heavy atom. The lowest BCUT2D eigenvalue weighted by Gasteiger charge is -2.32. The van der Waals surface area contributed by atoms with Crippen LogP contribution in [-0.2, 0) is 60.8 Å². The van der Waals surface area contributed by atoms with E-state index < -0.39 is 114 Å². The van der Waals surface area contributed by atoms with Crippen molar-refractivity contribution in [3.8, 4) is 0 Å². The van der Waals surface area contributed by atoms with Crippen LogP contribution in [0.4, 0.5) is 0 Å². The standard InChI is InChI=1S/C48H69N13O11/c1-26(2)22-33(57-44(69)34(23-28-12-6-4-7-13-28)58-42(67)31-18-19-38(64)54-31)43(68)59-35(24-29-14-8-5-9-15-29)45(70)60-39(27(3)62)47(72)61-21-11-17-36(61)46(71)55-30(16-10-20-53-48(51)52)41(66)56-32(40(50)65)25-37(49)63/h4-9,12-15,26-27,30-36,39,62H,10-11,16-25H2,1-3H3,(H2,49,63)(H2,50,65)(H,54,64)(H,55,71)(H,56,66)(H,57,69)(H,58,67)(H,59,68)(H,60,70)(H4,51,52,53)/t27-,30+,31+,32+,33+,34+,35+,36+,39+/m1/s1. The predicted octanol–water partition coefficient (Wildman–Crippen LogP) is -3.51. The summed E-state index contributed by atoms with van der Waals surface area (Å²) in [6.45, 7) is 4.99. The van der Waals surface area contributed by atoms with Gasteiger partial charge in [0.15, 0.2) is 5.96 Å². The first-order chi connectivity index (χ1) is 34.1. The average Bonchev–Trinajstić information content (AvgIpc) is 4.00. The molecule has 10 amide bonds. The normalized spacial score (nSPS) is 18.1. The summed E-state index contributed by atoms with van der Waals surface area (Å²) in [5.41, 5.74) is 22.8. The van der Waals surface area contributed by atoms with Crippen molar-refractivity contribution in [2.75, 3.05) is 13.1 Å². The number of hydrogen-bond acceptors (Lipinski definition) is 12. The number of aliphatic hydroxyl groups excluding tert-OH is 1. The van der Waals surface area contributed by atoms with Gasteiger partial charge in [-0.15, -0.1) is 0 Å². The maximum Gasteiger partial charge on any atom is 0.248 e. The third-order valence-corrected chi connectivity index (χ3v) is 12.0. The summed E-state index contributed by atoms with van der Waals surface area (Å²) in [4.78, 5) is 138. The van der Waals surface area contributed by atoms with Crippen molar-refractivity contribution in [2.24, 2.45) is 33.8 Å². The summed E-state index contributed by atoms with van der Waals surface area (Å²) in [5.74, 6) is -8.07. The Kier molecular flexibility index (Phi) is 21.9. The van der Waals surface area contributed by atoms with Gasteiger partial charge in [0.25, 0.3) is 0 Å². The molecule has 392 valence electrons. The summed E-state index contributed by atoms with van der Waals surface area (Å²) >= 11 is 0. The number of aliphatic imine (C=N–C) groups is 1. The lowest BCUT2D eigenvalue weighted by atomic mass is 9.99. The Morgan fingerprint density at radius 1 is 0.694 bits per heavy atom. The molecule has 2 aromatic carbocycles. The van der Waals surface area contributed by atoms with Crippen LogP contribution in [0.2, 0.25) is 0 Å². The van der Waals surface area contributed by atoms with Crippen molar-refractivity contribution in [1.29, 1.82) is 0 Å². The Morgan fingerprint density at radius 3 is 1.75 bits per heavy atom. The van der Waals surface area contributed by atoms with E-state index in [1.807, 2.05) is 13.8 Å². The number of carbonyl (C=O) groups excluding carboxylic acids is 10. The quantitative estimate of drug-likeness (QED) is 0.0235. The first kappa shape index (κ1) is 57.0. The third-order valence-electron chi connectivity index (χ3n) is 12.0. The first-order valence-electron chi connectivity index (χ1n) is 23.9. The highest BCUT2D eigenvalue weighted by molar-refractivity contribution is 5.99. The zero-order valence-corrected chi connectivity index (χ0v) is 40.8. The highest BCUT2D eigenvalue weighted by atomic mass is 16.3. The van der Waals surface area contributed by atoms with Gasteiger partial charge in [0.1, 0.15) is 48.3 Å². The fourth-order valence-electron chi connectivity index (χ4n) is 8.31. The van der Waals surface area contributed by atoms with Gasteiger partial charge in [-0.3, -0.25) is 52.9 Å². The van der Waals surface area contributed by atoms with E-state index in [1.54, 1.807) is 60.7 Å². The molecule has 16 N–H and O–H groups in total. The van der Waals surface area contributed by atoms with Crippen LogP contribution >= 0.6 is 0 Å². The highest BCUT2D eigenvalue weighted by Crippen LogP contribution is 2.21. The monoisotopic (exact) mass is 1000 g/mol. The molecule has 72 heavy (non-hydrogen) atoms. The number of rotatable bonds is 27. The van der Waals surface area contributed by atoms with E-state index in [0.29, 0.717) is 17.5 Å². The second-order valence-corrected chi connectivity index (χ2v) is 18.4. The molecule has 9 atom stereocenters. The number of guanidine groups is 1. The van der Waals surface area contributed by atoms with E-state index in [0.717, 1.165) is 4.90 Å². The van der Waals surface area contributed by atoms with Crippen LogP contribution in [0.1, 0.15) is 83.3 Å². The molecule has 4 rings (SSSR count). The topological polar surface area (TPSA) is 395 Å². The molecule has 0 aromatic heterocycles. The van der Waals surface area contributed by atoms with Gasteiger partial charge in [-0.1, -0.05) is 74.5 Å². The molecule has 0 radical (unpaired) electrons. The number of aliphatic hydroxyl groups is 1. The van der Waals surface area contributed by atoms with Crippen LogP contribution in [0.25, 0.3) is 0 Å². The van der Waals surface area contributed by atoms with Crippen LogP contribution in [0.3, 0.4) is 0 Å². The molecule has 24 heteroatoms. The maximum atomic E-state index is 14.4.